The fraction of sp³-hybridized carbons (Fsp3) is 0.188. The molecule has 0 radical (unpaired) electrons. The number of benzene rings is 2. The van der Waals surface area contributed by atoms with Gasteiger partial charge < -0.3 is 0 Å². The Morgan fingerprint density at radius 1 is 1.09 bits per heavy atom. The summed E-state index contributed by atoms with van der Waals surface area (Å²) >= 11 is 6.08. The van der Waals surface area contributed by atoms with Crippen molar-refractivity contribution in [1.29, 1.82) is 0 Å². The highest BCUT2D eigenvalue weighted by molar-refractivity contribution is 7.89. The van der Waals surface area contributed by atoms with Gasteiger partial charge in [0.25, 0.3) is 0 Å². The van der Waals surface area contributed by atoms with E-state index in [0.29, 0.717) is 16.1 Å². The van der Waals surface area contributed by atoms with Gasteiger partial charge in [0.05, 0.1) is 4.90 Å². The maximum absolute atomic E-state index is 12.4. The molecule has 0 unspecified atom stereocenters. The lowest BCUT2D eigenvalue weighted by atomic mass is 10.1. The van der Waals surface area contributed by atoms with Crippen molar-refractivity contribution in [1.82, 2.24) is 4.72 Å². The van der Waals surface area contributed by atoms with Gasteiger partial charge in [-0.3, -0.25) is 4.79 Å². The summed E-state index contributed by atoms with van der Waals surface area (Å²) in [6, 6.07) is 12.4. The van der Waals surface area contributed by atoms with Crippen LogP contribution in [0.3, 0.4) is 0 Å². The molecule has 0 aliphatic heterocycles. The van der Waals surface area contributed by atoms with E-state index in [4.69, 9.17) is 11.6 Å². The van der Waals surface area contributed by atoms with Crippen molar-refractivity contribution in [2.75, 3.05) is 0 Å². The SMILES string of the molecule is CC(=O)c1ccc(S(=O)(=O)N[C@@H](C)c2ccccc2Cl)cc1. The van der Waals surface area contributed by atoms with Crippen molar-refractivity contribution in [3.05, 3.63) is 64.7 Å². The zero-order valence-corrected chi connectivity index (χ0v) is 13.8. The number of halogens is 1. The normalized spacial score (nSPS) is 12.9. The standard InChI is InChI=1S/C16H16ClNO3S/c1-11(15-5-3-4-6-16(15)17)18-22(20,21)14-9-7-13(8-10-14)12(2)19/h3-11,18H,1-2H3/t11-/m0/s1. The molecule has 0 aromatic heterocycles. The van der Waals surface area contributed by atoms with Crippen molar-refractivity contribution in [3.63, 3.8) is 0 Å². The van der Waals surface area contributed by atoms with Crippen LogP contribution in [0.25, 0.3) is 0 Å². The monoisotopic (exact) mass is 337 g/mol. The molecule has 1 N–H and O–H groups in total. The Kier molecular flexibility index (Phi) is 5.01. The molecule has 1 atom stereocenters. The van der Waals surface area contributed by atoms with E-state index < -0.39 is 16.1 Å². The van der Waals surface area contributed by atoms with Gasteiger partial charge >= 0.3 is 0 Å². The first kappa shape index (κ1) is 16.7. The third-order valence-electron chi connectivity index (χ3n) is 3.27. The van der Waals surface area contributed by atoms with Crippen molar-refractivity contribution in [3.8, 4) is 0 Å². The van der Waals surface area contributed by atoms with E-state index in [2.05, 4.69) is 4.72 Å². The Bertz CT molecular complexity index is 785. The third kappa shape index (κ3) is 3.74. The molecule has 0 saturated heterocycles. The van der Waals surface area contributed by atoms with Gasteiger partial charge in [0.1, 0.15) is 0 Å². The molecule has 2 rings (SSSR count). The van der Waals surface area contributed by atoms with Crippen molar-refractivity contribution in [2.24, 2.45) is 0 Å². The van der Waals surface area contributed by atoms with Gasteiger partial charge in [-0.1, -0.05) is 41.9 Å². The highest BCUT2D eigenvalue weighted by Crippen LogP contribution is 2.24. The number of rotatable bonds is 5. The van der Waals surface area contributed by atoms with E-state index in [-0.39, 0.29) is 10.7 Å². The molecule has 4 nitrogen and oxygen atoms in total. The summed E-state index contributed by atoms with van der Waals surface area (Å²) in [6.07, 6.45) is 0. The van der Waals surface area contributed by atoms with Crippen LogP contribution < -0.4 is 4.72 Å². The summed E-state index contributed by atoms with van der Waals surface area (Å²) < 4.78 is 27.3. The molecule has 22 heavy (non-hydrogen) atoms. The molecule has 0 bridgehead atoms. The van der Waals surface area contributed by atoms with E-state index in [9.17, 15) is 13.2 Å². The van der Waals surface area contributed by atoms with E-state index in [1.54, 1.807) is 31.2 Å². The van der Waals surface area contributed by atoms with E-state index >= 15 is 0 Å². The molecule has 0 amide bonds. The first-order valence-corrected chi connectivity index (χ1v) is 8.55. The fourth-order valence-corrected chi connectivity index (χ4v) is 3.58. The van der Waals surface area contributed by atoms with E-state index in [1.165, 1.54) is 31.2 Å². The van der Waals surface area contributed by atoms with Crippen LogP contribution in [-0.4, -0.2) is 14.2 Å². The first-order chi connectivity index (χ1) is 10.3. The molecule has 116 valence electrons. The minimum Gasteiger partial charge on any atom is -0.295 e. The van der Waals surface area contributed by atoms with Crippen LogP contribution in [0, 0.1) is 0 Å². The van der Waals surface area contributed by atoms with Crippen LogP contribution >= 0.6 is 11.6 Å². The maximum Gasteiger partial charge on any atom is 0.241 e. The number of carbonyl (C=O) groups is 1. The number of hydrogen-bond acceptors (Lipinski definition) is 3. The van der Waals surface area contributed by atoms with Crippen LogP contribution in [0.2, 0.25) is 5.02 Å². The number of carbonyl (C=O) groups excluding carboxylic acids is 1. The molecule has 2 aromatic carbocycles. The second-order valence-corrected chi connectivity index (χ2v) is 7.07. The van der Waals surface area contributed by atoms with Crippen LogP contribution in [0.4, 0.5) is 0 Å². The summed E-state index contributed by atoms with van der Waals surface area (Å²) in [5.74, 6) is -0.110. The quantitative estimate of drug-likeness (QED) is 0.848. The minimum atomic E-state index is -3.69. The lowest BCUT2D eigenvalue weighted by Crippen LogP contribution is -2.27. The van der Waals surface area contributed by atoms with Gasteiger partial charge in [0.2, 0.25) is 10.0 Å². The minimum absolute atomic E-state index is 0.108. The second-order valence-electron chi connectivity index (χ2n) is 4.95. The van der Waals surface area contributed by atoms with E-state index in [1.807, 2.05) is 0 Å². The van der Waals surface area contributed by atoms with Gasteiger partial charge in [-0.15, -0.1) is 0 Å². The second kappa shape index (κ2) is 6.60. The van der Waals surface area contributed by atoms with Crippen LogP contribution in [0.1, 0.15) is 35.8 Å². The van der Waals surface area contributed by atoms with Gasteiger partial charge in [0.15, 0.2) is 5.78 Å². The van der Waals surface area contributed by atoms with Gasteiger partial charge in [0, 0.05) is 16.6 Å². The summed E-state index contributed by atoms with van der Waals surface area (Å²) in [6.45, 7) is 3.16. The fourth-order valence-electron chi connectivity index (χ4n) is 2.06. The Hall–Kier alpha value is -1.69. The first-order valence-electron chi connectivity index (χ1n) is 6.69. The number of hydrogen-bond donors (Lipinski definition) is 1. The predicted molar refractivity (Wildman–Crippen MR) is 86.6 cm³/mol. The van der Waals surface area contributed by atoms with Crippen LogP contribution in [0.15, 0.2) is 53.4 Å². The summed E-state index contributed by atoms with van der Waals surface area (Å²) in [5, 5.41) is 0.504. The number of nitrogens with one attached hydrogen (secondary N) is 1. The molecule has 0 aliphatic carbocycles. The summed E-state index contributed by atoms with van der Waals surface area (Å²) in [5.41, 5.74) is 1.17. The zero-order valence-electron chi connectivity index (χ0n) is 12.2. The maximum atomic E-state index is 12.4. The number of sulfonamides is 1. The number of ketones is 1. The highest BCUT2D eigenvalue weighted by atomic mass is 35.5. The topological polar surface area (TPSA) is 63.2 Å². The molecule has 0 aliphatic rings. The molecule has 2 aromatic rings. The smallest absolute Gasteiger partial charge is 0.241 e. The largest absolute Gasteiger partial charge is 0.295 e. The van der Waals surface area contributed by atoms with Crippen LogP contribution in [-0.2, 0) is 10.0 Å². The lowest BCUT2D eigenvalue weighted by Gasteiger charge is -2.16. The molecular formula is C16H16ClNO3S. The van der Waals surface area contributed by atoms with Gasteiger partial charge in [-0.05, 0) is 37.6 Å². The Morgan fingerprint density at radius 2 is 1.68 bits per heavy atom. The van der Waals surface area contributed by atoms with Crippen LogP contribution in [0.5, 0.6) is 0 Å². The molecule has 6 heteroatoms. The molecule has 0 saturated carbocycles. The van der Waals surface area contributed by atoms with Gasteiger partial charge in [-0.25, -0.2) is 13.1 Å². The molecule has 0 fully saturated rings. The van der Waals surface area contributed by atoms with Crippen molar-refractivity contribution in [2.45, 2.75) is 24.8 Å². The Balaban J connectivity index is 2.24. The van der Waals surface area contributed by atoms with E-state index in [0.717, 1.165) is 0 Å². The molecule has 0 spiro atoms. The predicted octanol–water partition coefficient (Wildman–Crippen LogP) is 3.58. The summed E-state index contributed by atoms with van der Waals surface area (Å²) in [4.78, 5) is 11.3. The highest BCUT2D eigenvalue weighted by Gasteiger charge is 2.19. The lowest BCUT2D eigenvalue weighted by molar-refractivity contribution is 0.101. The van der Waals surface area contributed by atoms with Crippen molar-refractivity contribution < 1.29 is 13.2 Å². The molecular weight excluding hydrogens is 322 g/mol. The Labute approximate surface area is 135 Å². The van der Waals surface area contributed by atoms with Gasteiger partial charge in [-0.2, -0.15) is 0 Å². The third-order valence-corrected chi connectivity index (χ3v) is 5.18. The Morgan fingerprint density at radius 3 is 2.23 bits per heavy atom. The summed E-state index contributed by atoms with van der Waals surface area (Å²) in [7, 11) is -3.69. The average Bonchev–Trinajstić information content (AvgIpc) is 2.47. The number of Topliss-reactive ketones (excluding diaryl/α,β-unsaturated/α-hetero) is 1. The molecule has 0 heterocycles. The zero-order chi connectivity index (χ0) is 16.3. The average molecular weight is 338 g/mol. The van der Waals surface area contributed by atoms with Crippen molar-refractivity contribution >= 4 is 27.4 Å².